The number of carbonyl (C=O) groups excluding carboxylic acids is 1. The number of aryl methyl sites for hydroxylation is 1. The maximum absolute atomic E-state index is 11.7. The van der Waals surface area contributed by atoms with Crippen molar-refractivity contribution in [2.45, 2.75) is 13.5 Å². The van der Waals surface area contributed by atoms with Gasteiger partial charge >= 0.3 is 0 Å². The molecule has 0 aromatic carbocycles. The topological polar surface area (TPSA) is 75.4 Å². The summed E-state index contributed by atoms with van der Waals surface area (Å²) in [5.74, 6) is 5.72. The van der Waals surface area contributed by atoms with Gasteiger partial charge in [0.15, 0.2) is 5.69 Å². The Balaban J connectivity index is 1.92. The van der Waals surface area contributed by atoms with Gasteiger partial charge in [0.2, 0.25) is 0 Å². The molecule has 2 aromatic heterocycles. The summed E-state index contributed by atoms with van der Waals surface area (Å²) in [4.78, 5) is 13.6. The van der Waals surface area contributed by atoms with Gasteiger partial charge in [0.05, 0.1) is 11.4 Å². The lowest BCUT2D eigenvalue weighted by Gasteiger charge is -1.99. The smallest absolute Gasteiger partial charge is 0.273 e. The molecule has 0 radical (unpaired) electrons. The van der Waals surface area contributed by atoms with Gasteiger partial charge in [0.25, 0.3) is 5.91 Å². The predicted octanol–water partition coefficient (Wildman–Crippen LogP) is 1.32. The molecule has 0 atom stereocenters. The van der Waals surface area contributed by atoms with Gasteiger partial charge in [-0.15, -0.1) is 11.3 Å². The third kappa shape index (κ3) is 3.68. The second-order valence-corrected chi connectivity index (χ2v) is 4.90. The van der Waals surface area contributed by atoms with Crippen LogP contribution < -0.4 is 5.32 Å². The summed E-state index contributed by atoms with van der Waals surface area (Å²) in [6.45, 7) is 1.99. The maximum Gasteiger partial charge on any atom is 0.273 e. The Morgan fingerprint density at radius 3 is 3.11 bits per heavy atom. The summed E-state index contributed by atoms with van der Waals surface area (Å²) in [6, 6.07) is 5.33. The number of rotatable bonds is 3. The standard InChI is InChI=1S/C13H12N2O3S/c1-9-7-12(15-18-9)13(17)14-8-11-5-4-10(19-11)3-2-6-16/h4-5,7,16H,6,8H2,1H3,(H,14,17). The minimum absolute atomic E-state index is 0.157. The van der Waals surface area contributed by atoms with E-state index in [1.165, 1.54) is 11.3 Å². The molecule has 0 saturated heterocycles. The third-order valence-electron chi connectivity index (χ3n) is 2.24. The summed E-state index contributed by atoms with van der Waals surface area (Å²) in [5.41, 5.74) is 0.273. The highest BCUT2D eigenvalue weighted by Gasteiger charge is 2.10. The summed E-state index contributed by atoms with van der Waals surface area (Å²) in [5, 5.41) is 15.0. The van der Waals surface area contributed by atoms with Crippen molar-refractivity contribution in [1.82, 2.24) is 10.5 Å². The zero-order valence-corrected chi connectivity index (χ0v) is 11.1. The molecule has 98 valence electrons. The van der Waals surface area contributed by atoms with Gasteiger partial charge in [-0.05, 0) is 19.1 Å². The number of hydrogen-bond donors (Lipinski definition) is 2. The lowest BCUT2D eigenvalue weighted by atomic mass is 10.3. The van der Waals surface area contributed by atoms with Gasteiger partial charge in [-0.1, -0.05) is 17.0 Å². The van der Waals surface area contributed by atoms with Crippen LogP contribution in [0, 0.1) is 18.8 Å². The highest BCUT2D eigenvalue weighted by Crippen LogP contribution is 2.15. The second-order valence-electron chi connectivity index (χ2n) is 3.73. The molecule has 0 aliphatic rings. The quantitative estimate of drug-likeness (QED) is 0.829. The number of amides is 1. The average Bonchev–Trinajstić information content (AvgIpc) is 3.02. The number of nitrogens with one attached hydrogen (secondary N) is 1. The monoisotopic (exact) mass is 276 g/mol. The Labute approximate surface area is 114 Å². The fourth-order valence-electron chi connectivity index (χ4n) is 1.40. The van der Waals surface area contributed by atoms with Crippen LogP contribution in [0.5, 0.6) is 0 Å². The number of aromatic nitrogens is 1. The van der Waals surface area contributed by atoms with Crippen molar-refractivity contribution in [1.29, 1.82) is 0 Å². The molecule has 5 nitrogen and oxygen atoms in total. The van der Waals surface area contributed by atoms with Crippen molar-refractivity contribution in [2.24, 2.45) is 0 Å². The Kier molecular flexibility index (Phi) is 4.34. The molecule has 0 fully saturated rings. The van der Waals surface area contributed by atoms with E-state index in [0.29, 0.717) is 12.3 Å². The number of aliphatic hydroxyl groups is 1. The van der Waals surface area contributed by atoms with E-state index < -0.39 is 0 Å². The van der Waals surface area contributed by atoms with Gasteiger partial charge in [-0.2, -0.15) is 0 Å². The van der Waals surface area contributed by atoms with E-state index >= 15 is 0 Å². The molecule has 2 heterocycles. The van der Waals surface area contributed by atoms with Gasteiger partial charge in [0.1, 0.15) is 12.4 Å². The molecule has 2 N–H and O–H groups in total. The zero-order chi connectivity index (χ0) is 13.7. The van der Waals surface area contributed by atoms with E-state index in [9.17, 15) is 4.79 Å². The van der Waals surface area contributed by atoms with Gasteiger partial charge < -0.3 is 14.9 Å². The van der Waals surface area contributed by atoms with E-state index in [0.717, 1.165) is 9.75 Å². The Morgan fingerprint density at radius 2 is 2.42 bits per heavy atom. The lowest BCUT2D eigenvalue weighted by molar-refractivity contribution is 0.0942. The maximum atomic E-state index is 11.7. The molecule has 1 amide bonds. The zero-order valence-electron chi connectivity index (χ0n) is 10.3. The molecule has 0 spiro atoms. The van der Waals surface area contributed by atoms with Gasteiger partial charge in [-0.25, -0.2) is 0 Å². The van der Waals surface area contributed by atoms with Crippen LogP contribution in [0.15, 0.2) is 22.7 Å². The highest BCUT2D eigenvalue weighted by molar-refractivity contribution is 7.12. The Bertz CT molecular complexity index is 634. The number of thiophene rings is 1. The minimum atomic E-state index is -0.270. The van der Waals surface area contributed by atoms with Crippen LogP contribution in [0.25, 0.3) is 0 Å². The van der Waals surface area contributed by atoms with Crippen molar-refractivity contribution in [3.05, 3.63) is 39.4 Å². The summed E-state index contributed by atoms with van der Waals surface area (Å²) >= 11 is 1.47. The highest BCUT2D eigenvalue weighted by atomic mass is 32.1. The summed E-state index contributed by atoms with van der Waals surface area (Å²) in [7, 11) is 0. The molecular weight excluding hydrogens is 264 g/mol. The largest absolute Gasteiger partial charge is 0.384 e. The predicted molar refractivity (Wildman–Crippen MR) is 70.7 cm³/mol. The van der Waals surface area contributed by atoms with Crippen molar-refractivity contribution in [3.8, 4) is 11.8 Å². The lowest BCUT2D eigenvalue weighted by Crippen LogP contribution is -2.22. The molecule has 2 rings (SSSR count). The molecule has 0 bridgehead atoms. The van der Waals surface area contributed by atoms with E-state index in [2.05, 4.69) is 22.3 Å². The van der Waals surface area contributed by atoms with Crippen LogP contribution in [0.1, 0.15) is 26.0 Å². The second kappa shape index (κ2) is 6.18. The summed E-state index contributed by atoms with van der Waals surface area (Å²) < 4.78 is 4.84. The van der Waals surface area contributed by atoms with E-state index in [-0.39, 0.29) is 18.2 Å². The van der Waals surface area contributed by atoms with Crippen molar-refractivity contribution in [2.75, 3.05) is 6.61 Å². The van der Waals surface area contributed by atoms with Crippen LogP contribution in [0.2, 0.25) is 0 Å². The normalized spacial score (nSPS) is 9.79. The van der Waals surface area contributed by atoms with Gasteiger partial charge in [0, 0.05) is 10.9 Å². The van der Waals surface area contributed by atoms with Crippen molar-refractivity contribution in [3.63, 3.8) is 0 Å². The van der Waals surface area contributed by atoms with Crippen molar-refractivity contribution >= 4 is 17.2 Å². The molecule has 0 saturated carbocycles. The fourth-order valence-corrected chi connectivity index (χ4v) is 2.22. The van der Waals surface area contributed by atoms with E-state index in [1.807, 2.05) is 12.1 Å². The summed E-state index contributed by atoms with van der Waals surface area (Å²) in [6.07, 6.45) is 0. The molecule has 0 aliphatic heterocycles. The first-order valence-electron chi connectivity index (χ1n) is 5.59. The average molecular weight is 276 g/mol. The van der Waals surface area contributed by atoms with Crippen LogP contribution in [0.4, 0.5) is 0 Å². The minimum Gasteiger partial charge on any atom is -0.384 e. The SMILES string of the molecule is Cc1cc(C(=O)NCc2ccc(C#CCO)s2)no1. The number of nitrogens with zero attached hydrogens (tertiary/aromatic N) is 1. The Morgan fingerprint density at radius 1 is 1.58 bits per heavy atom. The Hall–Kier alpha value is -2.10. The van der Waals surface area contributed by atoms with E-state index in [1.54, 1.807) is 13.0 Å². The van der Waals surface area contributed by atoms with Crippen LogP contribution in [-0.4, -0.2) is 22.8 Å². The number of aliphatic hydroxyl groups excluding tert-OH is 1. The first kappa shape index (κ1) is 13.3. The fraction of sp³-hybridized carbons (Fsp3) is 0.231. The van der Waals surface area contributed by atoms with Crippen LogP contribution >= 0.6 is 11.3 Å². The molecule has 19 heavy (non-hydrogen) atoms. The van der Waals surface area contributed by atoms with Crippen LogP contribution in [-0.2, 0) is 6.54 Å². The van der Waals surface area contributed by atoms with Crippen LogP contribution in [0.3, 0.4) is 0 Å². The molecule has 0 unspecified atom stereocenters. The first-order chi connectivity index (χ1) is 9.19. The molecule has 0 aliphatic carbocycles. The number of hydrogen-bond acceptors (Lipinski definition) is 5. The van der Waals surface area contributed by atoms with E-state index in [4.69, 9.17) is 9.63 Å². The molecule has 2 aromatic rings. The number of carbonyl (C=O) groups is 1. The molecular formula is C13H12N2O3S. The molecule has 6 heteroatoms. The third-order valence-corrected chi connectivity index (χ3v) is 3.24. The van der Waals surface area contributed by atoms with Crippen molar-refractivity contribution < 1.29 is 14.4 Å². The van der Waals surface area contributed by atoms with Gasteiger partial charge in [-0.3, -0.25) is 4.79 Å². The first-order valence-corrected chi connectivity index (χ1v) is 6.40.